The summed E-state index contributed by atoms with van der Waals surface area (Å²) in [5.74, 6) is 0.828. The van der Waals surface area contributed by atoms with Crippen molar-refractivity contribution in [2.75, 3.05) is 13.2 Å². The third-order valence-electron chi connectivity index (χ3n) is 1.79. The number of aromatic nitrogens is 1. The second-order valence-electron chi connectivity index (χ2n) is 2.91. The van der Waals surface area contributed by atoms with E-state index in [1.165, 1.54) is 0 Å². The molecule has 3 heteroatoms. The first-order valence-electron chi connectivity index (χ1n) is 4.01. The highest BCUT2D eigenvalue weighted by Crippen LogP contribution is 2.14. The molecule has 3 nitrogen and oxygen atoms in total. The Labute approximate surface area is 71.3 Å². The van der Waals surface area contributed by atoms with Crippen molar-refractivity contribution in [1.82, 2.24) is 4.98 Å². The minimum Gasteiger partial charge on any atom is -0.484 e. The third kappa shape index (κ3) is 1.56. The van der Waals surface area contributed by atoms with Crippen molar-refractivity contribution < 1.29 is 9.47 Å². The lowest BCUT2D eigenvalue weighted by molar-refractivity contribution is -0.0798. The fourth-order valence-corrected chi connectivity index (χ4v) is 0.999. The Morgan fingerprint density at radius 3 is 2.83 bits per heavy atom. The second-order valence-corrected chi connectivity index (χ2v) is 2.91. The summed E-state index contributed by atoms with van der Waals surface area (Å²) in [6, 6.07) is 3.87. The molecule has 1 saturated heterocycles. The van der Waals surface area contributed by atoms with Crippen molar-refractivity contribution in [1.29, 1.82) is 0 Å². The van der Waals surface area contributed by atoms with E-state index in [0.29, 0.717) is 13.2 Å². The first-order chi connectivity index (χ1) is 5.84. The van der Waals surface area contributed by atoms with E-state index >= 15 is 0 Å². The van der Waals surface area contributed by atoms with E-state index < -0.39 is 0 Å². The van der Waals surface area contributed by atoms with Crippen LogP contribution in [0.1, 0.15) is 5.69 Å². The normalized spacial score (nSPS) is 17.1. The predicted octanol–water partition coefficient (Wildman–Crippen LogP) is 1.17. The molecule has 2 heterocycles. The summed E-state index contributed by atoms with van der Waals surface area (Å²) in [7, 11) is 0. The van der Waals surface area contributed by atoms with Gasteiger partial charge in [-0.25, -0.2) is 0 Å². The van der Waals surface area contributed by atoms with Gasteiger partial charge in [0.1, 0.15) is 11.9 Å². The van der Waals surface area contributed by atoms with Crippen molar-refractivity contribution >= 4 is 0 Å². The maximum absolute atomic E-state index is 5.52. The third-order valence-corrected chi connectivity index (χ3v) is 1.79. The number of hydrogen-bond acceptors (Lipinski definition) is 3. The number of nitrogens with zero attached hydrogens (tertiary/aromatic N) is 1. The van der Waals surface area contributed by atoms with Gasteiger partial charge in [-0.05, 0) is 19.1 Å². The molecule has 0 radical (unpaired) electrons. The van der Waals surface area contributed by atoms with E-state index in [1.807, 2.05) is 19.1 Å². The fourth-order valence-electron chi connectivity index (χ4n) is 0.999. The van der Waals surface area contributed by atoms with Crippen LogP contribution >= 0.6 is 0 Å². The Bertz CT molecular complexity index is 254. The van der Waals surface area contributed by atoms with Crippen molar-refractivity contribution in [2.24, 2.45) is 0 Å². The molecule has 1 aromatic rings. The van der Waals surface area contributed by atoms with Gasteiger partial charge in [0.2, 0.25) is 0 Å². The van der Waals surface area contributed by atoms with Crippen molar-refractivity contribution in [3.63, 3.8) is 0 Å². The van der Waals surface area contributed by atoms with Gasteiger partial charge in [-0.15, -0.1) is 0 Å². The maximum Gasteiger partial charge on any atom is 0.145 e. The lowest BCUT2D eigenvalue weighted by atomic mass is 10.3. The molecular weight excluding hydrogens is 154 g/mol. The van der Waals surface area contributed by atoms with Gasteiger partial charge in [-0.3, -0.25) is 4.98 Å². The average Bonchev–Trinajstić information content (AvgIpc) is 2.00. The zero-order valence-corrected chi connectivity index (χ0v) is 6.99. The highest BCUT2D eigenvalue weighted by Gasteiger charge is 2.19. The minimum absolute atomic E-state index is 0.231. The van der Waals surface area contributed by atoms with E-state index in [0.717, 1.165) is 11.4 Å². The van der Waals surface area contributed by atoms with Gasteiger partial charge < -0.3 is 9.47 Å². The van der Waals surface area contributed by atoms with Gasteiger partial charge in [0.25, 0.3) is 0 Å². The Balaban J connectivity index is 1.98. The van der Waals surface area contributed by atoms with Crippen LogP contribution in [0.25, 0.3) is 0 Å². The topological polar surface area (TPSA) is 31.4 Å². The molecule has 64 valence electrons. The van der Waals surface area contributed by atoms with Crippen LogP contribution in [0.15, 0.2) is 18.3 Å². The van der Waals surface area contributed by atoms with Crippen LogP contribution < -0.4 is 4.74 Å². The monoisotopic (exact) mass is 165 g/mol. The summed E-state index contributed by atoms with van der Waals surface area (Å²) in [6.45, 7) is 3.36. The quantitative estimate of drug-likeness (QED) is 0.659. The molecule has 1 fully saturated rings. The molecule has 2 rings (SSSR count). The standard InChI is InChI=1S/C9H11NO2/c1-7-2-3-8(4-10-7)12-9-5-11-6-9/h2-4,9H,5-6H2,1H3. The predicted molar refractivity (Wildman–Crippen MR) is 44.2 cm³/mol. The van der Waals surface area contributed by atoms with Crippen LogP contribution in [0.2, 0.25) is 0 Å². The number of hydrogen-bond donors (Lipinski definition) is 0. The molecule has 0 atom stereocenters. The van der Waals surface area contributed by atoms with Crippen LogP contribution in [0.5, 0.6) is 5.75 Å². The zero-order valence-electron chi connectivity index (χ0n) is 6.99. The highest BCUT2D eigenvalue weighted by molar-refractivity contribution is 5.19. The molecular formula is C9H11NO2. The summed E-state index contributed by atoms with van der Waals surface area (Å²) in [5, 5.41) is 0. The second kappa shape index (κ2) is 3.11. The molecule has 0 aromatic carbocycles. The summed E-state index contributed by atoms with van der Waals surface area (Å²) in [4.78, 5) is 4.12. The van der Waals surface area contributed by atoms with Gasteiger partial charge in [0.15, 0.2) is 0 Å². The molecule has 1 aliphatic heterocycles. The molecule has 0 spiro atoms. The molecule has 0 aliphatic carbocycles. The lowest BCUT2D eigenvalue weighted by Crippen LogP contribution is -2.38. The number of pyridine rings is 1. The Hall–Kier alpha value is -1.09. The SMILES string of the molecule is Cc1ccc(OC2COC2)cn1. The van der Waals surface area contributed by atoms with Gasteiger partial charge in [0, 0.05) is 5.69 Å². The average molecular weight is 165 g/mol. The highest BCUT2D eigenvalue weighted by atomic mass is 16.6. The molecule has 0 saturated carbocycles. The van der Waals surface area contributed by atoms with Gasteiger partial charge in [-0.1, -0.05) is 0 Å². The van der Waals surface area contributed by atoms with Gasteiger partial charge >= 0.3 is 0 Å². The number of aryl methyl sites for hydroxylation is 1. The van der Waals surface area contributed by atoms with E-state index in [1.54, 1.807) is 6.20 Å². The molecule has 0 bridgehead atoms. The molecule has 0 unspecified atom stereocenters. The van der Waals surface area contributed by atoms with Crippen LogP contribution in [0, 0.1) is 6.92 Å². The summed E-state index contributed by atoms with van der Waals surface area (Å²) in [6.07, 6.45) is 1.97. The largest absolute Gasteiger partial charge is 0.484 e. The van der Waals surface area contributed by atoms with Crippen molar-refractivity contribution in [2.45, 2.75) is 13.0 Å². The van der Waals surface area contributed by atoms with E-state index in [4.69, 9.17) is 9.47 Å². The smallest absolute Gasteiger partial charge is 0.145 e. The van der Waals surface area contributed by atoms with E-state index in [2.05, 4.69) is 4.98 Å². The maximum atomic E-state index is 5.52. The van der Waals surface area contributed by atoms with Crippen LogP contribution in [-0.2, 0) is 4.74 Å². The number of ether oxygens (including phenoxy) is 2. The van der Waals surface area contributed by atoms with E-state index in [9.17, 15) is 0 Å². The minimum atomic E-state index is 0.231. The van der Waals surface area contributed by atoms with Crippen molar-refractivity contribution in [3.8, 4) is 5.75 Å². The van der Waals surface area contributed by atoms with Gasteiger partial charge in [-0.2, -0.15) is 0 Å². The zero-order chi connectivity index (χ0) is 8.39. The Morgan fingerprint density at radius 2 is 2.33 bits per heavy atom. The number of rotatable bonds is 2. The van der Waals surface area contributed by atoms with Gasteiger partial charge in [0.05, 0.1) is 19.4 Å². The molecule has 1 aromatic heterocycles. The van der Waals surface area contributed by atoms with Crippen LogP contribution in [0.3, 0.4) is 0 Å². The summed E-state index contributed by atoms with van der Waals surface area (Å²) in [5.41, 5.74) is 1.01. The fraction of sp³-hybridized carbons (Fsp3) is 0.444. The summed E-state index contributed by atoms with van der Waals surface area (Å²) < 4.78 is 10.5. The Kier molecular flexibility index (Phi) is 1.96. The molecule has 0 N–H and O–H groups in total. The lowest BCUT2D eigenvalue weighted by Gasteiger charge is -2.26. The Morgan fingerprint density at radius 1 is 1.50 bits per heavy atom. The molecule has 12 heavy (non-hydrogen) atoms. The van der Waals surface area contributed by atoms with Crippen LogP contribution in [0.4, 0.5) is 0 Å². The molecule has 0 amide bonds. The van der Waals surface area contributed by atoms with Crippen molar-refractivity contribution in [3.05, 3.63) is 24.0 Å². The first-order valence-corrected chi connectivity index (χ1v) is 4.01. The van der Waals surface area contributed by atoms with E-state index in [-0.39, 0.29) is 6.10 Å². The van der Waals surface area contributed by atoms with Crippen LogP contribution in [-0.4, -0.2) is 24.3 Å². The summed E-state index contributed by atoms with van der Waals surface area (Å²) >= 11 is 0. The molecule has 1 aliphatic rings. The first kappa shape index (κ1) is 7.55.